The van der Waals surface area contributed by atoms with E-state index in [0.717, 1.165) is 17.7 Å². The van der Waals surface area contributed by atoms with Crippen LogP contribution in [0.2, 0.25) is 0 Å². The number of nitrogens with one attached hydrogen (secondary N) is 2. The van der Waals surface area contributed by atoms with Crippen molar-refractivity contribution in [3.63, 3.8) is 0 Å². The lowest BCUT2D eigenvalue weighted by molar-refractivity contribution is 0.102. The molecule has 0 aliphatic rings. The minimum Gasteiger partial charge on any atom is -0.307 e. The number of anilines is 1. The van der Waals surface area contributed by atoms with Gasteiger partial charge in [0, 0.05) is 18.3 Å². The number of aryl methyl sites for hydroxylation is 1. The zero-order chi connectivity index (χ0) is 17.7. The van der Waals surface area contributed by atoms with Gasteiger partial charge in [0.2, 0.25) is 10.0 Å². The molecule has 0 spiro atoms. The molecular weight excluding hydrogens is 333 g/mol. The third kappa shape index (κ3) is 4.24. The van der Waals surface area contributed by atoms with Crippen LogP contribution in [0.3, 0.4) is 0 Å². The van der Waals surface area contributed by atoms with Crippen LogP contribution in [0.5, 0.6) is 0 Å². The van der Waals surface area contributed by atoms with Crippen molar-refractivity contribution in [3.8, 4) is 0 Å². The number of halogens is 1. The Balaban J connectivity index is 2.30. The first-order valence-electron chi connectivity index (χ1n) is 6.97. The Kier molecular flexibility index (Phi) is 5.42. The maximum atomic E-state index is 13.8. The van der Waals surface area contributed by atoms with E-state index in [1.54, 1.807) is 12.1 Å². The predicted octanol–water partition coefficient (Wildman–Crippen LogP) is 2.25. The van der Waals surface area contributed by atoms with Gasteiger partial charge in [0.25, 0.3) is 5.91 Å². The molecule has 0 saturated heterocycles. The highest BCUT2D eigenvalue weighted by molar-refractivity contribution is 7.89. The molecule has 1 amide bonds. The summed E-state index contributed by atoms with van der Waals surface area (Å²) in [5.41, 5.74) is 0.898. The summed E-state index contributed by atoms with van der Waals surface area (Å²) in [7, 11) is -4.08. The monoisotopic (exact) mass is 349 g/mol. The van der Waals surface area contributed by atoms with E-state index in [1.807, 2.05) is 6.92 Å². The van der Waals surface area contributed by atoms with Gasteiger partial charge in [0.05, 0.1) is 0 Å². The first-order chi connectivity index (χ1) is 11.3. The smallest absolute Gasteiger partial charge is 0.256 e. The minimum absolute atomic E-state index is 0.00122. The number of hydrogen-bond donors (Lipinski definition) is 2. The lowest BCUT2D eigenvalue weighted by Gasteiger charge is -2.09. The number of nitrogens with zero attached hydrogens (tertiary/aromatic N) is 1. The van der Waals surface area contributed by atoms with Crippen molar-refractivity contribution in [1.82, 2.24) is 9.71 Å². The topological polar surface area (TPSA) is 88.2 Å². The molecule has 8 heteroatoms. The normalized spacial score (nSPS) is 11.1. The third-order valence-corrected chi connectivity index (χ3v) is 4.50. The summed E-state index contributed by atoms with van der Waals surface area (Å²) >= 11 is 0. The maximum Gasteiger partial charge on any atom is 0.256 e. The average Bonchev–Trinajstić information content (AvgIpc) is 2.53. The Hall–Kier alpha value is -2.58. The number of benzene rings is 1. The molecule has 1 heterocycles. The molecule has 0 aliphatic carbocycles. The molecule has 0 unspecified atom stereocenters. The van der Waals surface area contributed by atoms with E-state index in [2.05, 4.69) is 21.6 Å². The fraction of sp³-hybridized carbons (Fsp3) is 0.125. The molecule has 2 N–H and O–H groups in total. The van der Waals surface area contributed by atoms with Gasteiger partial charge in [-0.05, 0) is 42.8 Å². The van der Waals surface area contributed by atoms with Gasteiger partial charge in [-0.1, -0.05) is 6.08 Å². The lowest BCUT2D eigenvalue weighted by atomic mass is 10.2. The largest absolute Gasteiger partial charge is 0.307 e. The number of pyridine rings is 1. The molecule has 0 bridgehead atoms. The molecule has 24 heavy (non-hydrogen) atoms. The first kappa shape index (κ1) is 17.8. The molecule has 126 valence electrons. The SMILES string of the molecule is C=CCNS(=O)(=O)c1cc(C(=O)Nc2cc(C)ccn2)ccc1F. The summed E-state index contributed by atoms with van der Waals surface area (Å²) in [6, 6.07) is 6.54. The van der Waals surface area contributed by atoms with Gasteiger partial charge in [-0.15, -0.1) is 6.58 Å². The van der Waals surface area contributed by atoms with Gasteiger partial charge in [0.1, 0.15) is 16.5 Å². The summed E-state index contributed by atoms with van der Waals surface area (Å²) in [4.78, 5) is 15.6. The Morgan fingerprint density at radius 2 is 2.08 bits per heavy atom. The molecule has 0 saturated carbocycles. The van der Waals surface area contributed by atoms with Gasteiger partial charge in [0.15, 0.2) is 0 Å². The molecule has 2 aromatic rings. The van der Waals surface area contributed by atoms with E-state index in [4.69, 9.17) is 0 Å². The molecule has 0 atom stereocenters. The van der Waals surface area contributed by atoms with Crippen molar-refractivity contribution in [1.29, 1.82) is 0 Å². The maximum absolute atomic E-state index is 13.8. The van der Waals surface area contributed by atoms with Crippen LogP contribution in [0.25, 0.3) is 0 Å². The highest BCUT2D eigenvalue weighted by atomic mass is 32.2. The first-order valence-corrected chi connectivity index (χ1v) is 8.46. The van der Waals surface area contributed by atoms with E-state index < -0.39 is 26.6 Å². The quantitative estimate of drug-likeness (QED) is 0.783. The Bertz CT molecular complexity index is 882. The van der Waals surface area contributed by atoms with Crippen molar-refractivity contribution >= 4 is 21.7 Å². The number of carbonyl (C=O) groups is 1. The highest BCUT2D eigenvalue weighted by Crippen LogP contribution is 2.17. The van der Waals surface area contributed by atoms with Gasteiger partial charge in [-0.2, -0.15) is 0 Å². The van der Waals surface area contributed by atoms with E-state index >= 15 is 0 Å². The highest BCUT2D eigenvalue weighted by Gasteiger charge is 2.20. The minimum atomic E-state index is -4.08. The van der Waals surface area contributed by atoms with Crippen molar-refractivity contribution < 1.29 is 17.6 Å². The lowest BCUT2D eigenvalue weighted by Crippen LogP contribution is -2.25. The average molecular weight is 349 g/mol. The van der Waals surface area contributed by atoms with Crippen LogP contribution in [-0.4, -0.2) is 25.9 Å². The molecule has 0 radical (unpaired) electrons. The van der Waals surface area contributed by atoms with Gasteiger partial charge in [-0.3, -0.25) is 4.79 Å². The van der Waals surface area contributed by atoms with Crippen LogP contribution < -0.4 is 10.0 Å². The molecule has 0 fully saturated rings. The van der Waals surface area contributed by atoms with E-state index in [1.165, 1.54) is 18.3 Å². The van der Waals surface area contributed by atoms with Crippen LogP contribution in [0.1, 0.15) is 15.9 Å². The van der Waals surface area contributed by atoms with Crippen LogP contribution >= 0.6 is 0 Å². The van der Waals surface area contributed by atoms with Crippen LogP contribution in [-0.2, 0) is 10.0 Å². The van der Waals surface area contributed by atoms with Gasteiger partial charge < -0.3 is 5.32 Å². The van der Waals surface area contributed by atoms with Crippen molar-refractivity contribution in [2.45, 2.75) is 11.8 Å². The summed E-state index contributed by atoms with van der Waals surface area (Å²) in [5, 5.41) is 2.54. The zero-order valence-corrected chi connectivity index (χ0v) is 13.7. The van der Waals surface area contributed by atoms with Crippen LogP contribution in [0.4, 0.5) is 10.2 Å². The third-order valence-electron chi connectivity index (χ3n) is 3.06. The Morgan fingerprint density at radius 1 is 1.33 bits per heavy atom. The Labute approximate surface area is 139 Å². The summed E-state index contributed by atoms with van der Waals surface area (Å²) in [6.45, 7) is 5.18. The van der Waals surface area contributed by atoms with Crippen LogP contribution in [0.15, 0.2) is 54.1 Å². The summed E-state index contributed by atoms with van der Waals surface area (Å²) in [6.07, 6.45) is 2.86. The van der Waals surface area contributed by atoms with Crippen molar-refractivity contribution in [2.24, 2.45) is 0 Å². The van der Waals surface area contributed by atoms with Crippen molar-refractivity contribution in [2.75, 3.05) is 11.9 Å². The number of amides is 1. The predicted molar refractivity (Wildman–Crippen MR) is 88.7 cm³/mol. The molecule has 0 aliphatic heterocycles. The number of aromatic nitrogens is 1. The summed E-state index contributed by atoms with van der Waals surface area (Å²) in [5.74, 6) is -1.22. The number of sulfonamides is 1. The summed E-state index contributed by atoms with van der Waals surface area (Å²) < 4.78 is 40.1. The fourth-order valence-corrected chi connectivity index (χ4v) is 2.99. The number of hydrogen-bond acceptors (Lipinski definition) is 4. The van der Waals surface area contributed by atoms with Gasteiger partial charge >= 0.3 is 0 Å². The molecule has 2 rings (SSSR count). The van der Waals surface area contributed by atoms with Gasteiger partial charge in [-0.25, -0.2) is 22.5 Å². The van der Waals surface area contributed by atoms with Crippen molar-refractivity contribution in [3.05, 3.63) is 66.1 Å². The zero-order valence-electron chi connectivity index (χ0n) is 12.9. The van der Waals surface area contributed by atoms with E-state index in [9.17, 15) is 17.6 Å². The van der Waals surface area contributed by atoms with E-state index in [-0.39, 0.29) is 12.1 Å². The second-order valence-corrected chi connectivity index (χ2v) is 6.69. The van der Waals surface area contributed by atoms with Crippen LogP contribution in [0, 0.1) is 12.7 Å². The molecule has 6 nitrogen and oxygen atoms in total. The second kappa shape index (κ2) is 7.33. The Morgan fingerprint density at radius 3 is 2.75 bits per heavy atom. The standard InChI is InChI=1S/C16H16FN3O3S/c1-3-7-19-24(22,23)14-10-12(4-5-13(14)17)16(21)20-15-9-11(2)6-8-18-15/h3-6,8-10,19H,1,7H2,2H3,(H,18,20,21). The molecule has 1 aromatic carbocycles. The fourth-order valence-electron chi connectivity index (χ4n) is 1.89. The second-order valence-electron chi connectivity index (χ2n) is 4.96. The van der Waals surface area contributed by atoms with E-state index in [0.29, 0.717) is 5.82 Å². The molecule has 1 aromatic heterocycles. The molecular formula is C16H16FN3O3S. The number of carbonyl (C=O) groups excluding carboxylic acids is 1. The number of rotatable bonds is 6.